The molecule has 3 heterocycles. The molecule has 2 saturated heterocycles. The fraction of sp³-hybridized carbons (Fsp3) is 0.289. The standard InChI is InChI=1S/C38H39ClN4O2/c39-32-16-8-10-18-34(32)41-20-22-42(23-21-41)38(44)37-36(35(29-11-3-1-4-12-29)30-13-5-2-6-14-30)31-15-7-9-17-33(31)43(37)24-19-40-25-27-45-28-26-40/h1-18,35H,19-28H2. The molecule has 5 aromatic rings. The van der Waals surface area contributed by atoms with Crippen molar-refractivity contribution < 1.29 is 9.53 Å². The summed E-state index contributed by atoms with van der Waals surface area (Å²) in [7, 11) is 0. The number of carbonyl (C=O) groups is 1. The Morgan fingerprint density at radius 3 is 1.96 bits per heavy atom. The minimum Gasteiger partial charge on any atom is -0.379 e. The molecule has 2 aliphatic heterocycles. The Kier molecular flexibility index (Phi) is 8.87. The second kappa shape index (κ2) is 13.5. The van der Waals surface area contributed by atoms with Crippen LogP contribution in [-0.4, -0.2) is 79.3 Å². The number of aromatic nitrogens is 1. The number of hydrogen-bond acceptors (Lipinski definition) is 4. The van der Waals surface area contributed by atoms with E-state index in [0.717, 1.165) is 85.4 Å². The summed E-state index contributed by atoms with van der Waals surface area (Å²) in [6.45, 7) is 7.67. The number of carbonyl (C=O) groups excluding carboxylic acids is 1. The maximum atomic E-state index is 15.0. The van der Waals surface area contributed by atoms with Gasteiger partial charge in [0.05, 0.1) is 23.9 Å². The molecule has 0 unspecified atom stereocenters. The van der Waals surface area contributed by atoms with Crippen LogP contribution < -0.4 is 4.90 Å². The molecule has 0 N–H and O–H groups in total. The molecule has 2 aliphatic rings. The van der Waals surface area contributed by atoms with Gasteiger partial charge in [-0.25, -0.2) is 0 Å². The van der Waals surface area contributed by atoms with Crippen LogP contribution in [0.3, 0.4) is 0 Å². The average molecular weight is 619 g/mol. The number of fused-ring (bicyclic) bond motifs is 1. The van der Waals surface area contributed by atoms with Crippen molar-refractivity contribution >= 4 is 34.1 Å². The highest BCUT2D eigenvalue weighted by molar-refractivity contribution is 6.33. The Balaban J connectivity index is 1.33. The Morgan fingerprint density at radius 1 is 0.689 bits per heavy atom. The largest absolute Gasteiger partial charge is 0.379 e. The quantitative estimate of drug-likeness (QED) is 0.192. The van der Waals surface area contributed by atoms with Crippen LogP contribution in [0.15, 0.2) is 109 Å². The fourth-order valence-electron chi connectivity index (χ4n) is 6.98. The highest BCUT2D eigenvalue weighted by Gasteiger charge is 2.33. The van der Waals surface area contributed by atoms with Crippen LogP contribution in [0.2, 0.25) is 5.02 Å². The molecule has 0 atom stereocenters. The molecule has 1 amide bonds. The van der Waals surface area contributed by atoms with Crippen molar-refractivity contribution in [1.82, 2.24) is 14.4 Å². The van der Waals surface area contributed by atoms with E-state index in [4.69, 9.17) is 16.3 Å². The summed E-state index contributed by atoms with van der Waals surface area (Å²) in [5.74, 6) is 0.00384. The van der Waals surface area contributed by atoms with Gasteiger partial charge in [0.1, 0.15) is 5.69 Å². The van der Waals surface area contributed by atoms with E-state index in [1.165, 1.54) is 11.1 Å². The van der Waals surface area contributed by atoms with Crippen molar-refractivity contribution in [2.45, 2.75) is 12.5 Å². The van der Waals surface area contributed by atoms with Gasteiger partial charge < -0.3 is 19.1 Å². The van der Waals surface area contributed by atoms with Crippen LogP contribution in [0.4, 0.5) is 5.69 Å². The number of nitrogens with zero attached hydrogens (tertiary/aromatic N) is 4. The van der Waals surface area contributed by atoms with E-state index in [1.54, 1.807) is 0 Å². The lowest BCUT2D eigenvalue weighted by Gasteiger charge is -2.37. The van der Waals surface area contributed by atoms with Crippen molar-refractivity contribution in [3.8, 4) is 0 Å². The molecule has 0 saturated carbocycles. The zero-order valence-electron chi connectivity index (χ0n) is 25.5. The smallest absolute Gasteiger partial charge is 0.270 e. The Labute approximate surface area is 270 Å². The maximum absolute atomic E-state index is 15.0. The first-order valence-electron chi connectivity index (χ1n) is 16.0. The molecule has 0 radical (unpaired) electrons. The SMILES string of the molecule is O=C(c1c(C(c2ccccc2)c2ccccc2)c2ccccc2n1CCN1CCOCC1)N1CCN(c2ccccc2Cl)CC1. The number of anilines is 1. The molecule has 0 spiro atoms. The third kappa shape index (κ3) is 6.10. The normalized spacial score (nSPS) is 16.0. The molecule has 2 fully saturated rings. The van der Waals surface area contributed by atoms with E-state index < -0.39 is 0 Å². The Morgan fingerprint density at radius 2 is 1.29 bits per heavy atom. The zero-order valence-corrected chi connectivity index (χ0v) is 26.3. The van der Waals surface area contributed by atoms with Gasteiger partial charge in [-0.05, 0) is 29.3 Å². The van der Waals surface area contributed by atoms with E-state index >= 15 is 0 Å². The highest BCUT2D eigenvalue weighted by Crippen LogP contribution is 2.41. The van der Waals surface area contributed by atoms with Gasteiger partial charge in [-0.2, -0.15) is 0 Å². The number of rotatable bonds is 8. The second-order valence-electron chi connectivity index (χ2n) is 11.9. The monoisotopic (exact) mass is 618 g/mol. The number of piperazine rings is 1. The number of ether oxygens (including phenoxy) is 1. The minimum absolute atomic E-state index is 0.0923. The molecule has 230 valence electrons. The molecule has 7 heteroatoms. The van der Waals surface area contributed by atoms with Gasteiger partial charge in [0.25, 0.3) is 5.91 Å². The summed E-state index contributed by atoms with van der Waals surface area (Å²) in [4.78, 5) is 21.7. The molecule has 6 nitrogen and oxygen atoms in total. The number of hydrogen-bond donors (Lipinski definition) is 0. The van der Waals surface area contributed by atoms with E-state index in [9.17, 15) is 4.79 Å². The number of benzene rings is 4. The third-order valence-corrected chi connectivity index (χ3v) is 9.59. The first-order valence-corrected chi connectivity index (χ1v) is 16.4. The van der Waals surface area contributed by atoms with Crippen LogP contribution in [-0.2, 0) is 11.3 Å². The maximum Gasteiger partial charge on any atom is 0.270 e. The number of morpholine rings is 1. The molecule has 0 bridgehead atoms. The van der Waals surface area contributed by atoms with Gasteiger partial charge in [0.15, 0.2) is 0 Å². The van der Waals surface area contributed by atoms with Crippen molar-refractivity contribution in [2.75, 3.05) is 63.9 Å². The number of amides is 1. The van der Waals surface area contributed by atoms with Gasteiger partial charge in [-0.15, -0.1) is 0 Å². The summed E-state index contributed by atoms with van der Waals surface area (Å²) >= 11 is 6.55. The highest BCUT2D eigenvalue weighted by atomic mass is 35.5. The zero-order chi connectivity index (χ0) is 30.6. The van der Waals surface area contributed by atoms with E-state index in [-0.39, 0.29) is 11.8 Å². The number of para-hydroxylation sites is 2. The molecule has 4 aromatic carbocycles. The van der Waals surface area contributed by atoms with Crippen molar-refractivity contribution in [3.63, 3.8) is 0 Å². The number of halogens is 1. The van der Waals surface area contributed by atoms with Crippen molar-refractivity contribution in [3.05, 3.63) is 137 Å². The average Bonchev–Trinajstić information content (AvgIpc) is 3.42. The third-order valence-electron chi connectivity index (χ3n) is 9.27. The summed E-state index contributed by atoms with van der Waals surface area (Å²) in [5.41, 5.74) is 6.38. The first kappa shape index (κ1) is 29.6. The Hall–Kier alpha value is -4.10. The van der Waals surface area contributed by atoms with Gasteiger partial charge in [0.2, 0.25) is 0 Å². The molecule has 45 heavy (non-hydrogen) atoms. The van der Waals surface area contributed by atoms with Gasteiger partial charge in [-0.3, -0.25) is 9.69 Å². The van der Waals surface area contributed by atoms with Crippen LogP contribution in [0.1, 0.15) is 33.1 Å². The van der Waals surface area contributed by atoms with Crippen LogP contribution >= 0.6 is 11.6 Å². The second-order valence-corrected chi connectivity index (χ2v) is 12.3. The summed E-state index contributed by atoms with van der Waals surface area (Å²) in [6, 6.07) is 37.8. The molecular formula is C38H39ClN4O2. The molecule has 0 aliphatic carbocycles. The molecule has 7 rings (SSSR count). The van der Waals surface area contributed by atoms with Gasteiger partial charge >= 0.3 is 0 Å². The summed E-state index contributed by atoms with van der Waals surface area (Å²) < 4.78 is 7.93. The Bertz CT molecular complexity index is 1700. The van der Waals surface area contributed by atoms with Gasteiger partial charge in [-0.1, -0.05) is 103 Å². The van der Waals surface area contributed by atoms with Gasteiger partial charge in [0, 0.05) is 74.7 Å². The molecule has 1 aromatic heterocycles. The summed E-state index contributed by atoms with van der Waals surface area (Å²) in [6.07, 6.45) is 0. The van der Waals surface area contributed by atoms with Crippen LogP contribution in [0, 0.1) is 0 Å². The lowest BCUT2D eigenvalue weighted by Crippen LogP contribution is -2.49. The van der Waals surface area contributed by atoms with Crippen LogP contribution in [0.5, 0.6) is 0 Å². The topological polar surface area (TPSA) is 41.0 Å². The van der Waals surface area contributed by atoms with E-state index in [1.807, 2.05) is 23.1 Å². The predicted molar refractivity (Wildman–Crippen MR) is 183 cm³/mol. The van der Waals surface area contributed by atoms with Crippen molar-refractivity contribution in [2.24, 2.45) is 0 Å². The first-order chi connectivity index (χ1) is 22.2. The van der Waals surface area contributed by atoms with Crippen LogP contribution in [0.25, 0.3) is 10.9 Å². The minimum atomic E-state index is -0.0923. The van der Waals surface area contributed by atoms with Crippen molar-refractivity contribution in [1.29, 1.82) is 0 Å². The fourth-order valence-corrected chi connectivity index (χ4v) is 7.23. The summed E-state index contributed by atoms with van der Waals surface area (Å²) in [5, 5.41) is 1.88. The predicted octanol–water partition coefficient (Wildman–Crippen LogP) is 6.77. The molecular weight excluding hydrogens is 580 g/mol. The lowest BCUT2D eigenvalue weighted by atomic mass is 9.83. The van der Waals surface area contributed by atoms with E-state index in [0.29, 0.717) is 13.1 Å². The lowest BCUT2D eigenvalue weighted by molar-refractivity contribution is 0.0363. The van der Waals surface area contributed by atoms with E-state index in [2.05, 4.69) is 105 Å².